The van der Waals surface area contributed by atoms with E-state index in [0.29, 0.717) is 0 Å². The molecule has 2 rings (SSSR count). The molecular weight excluding hydrogens is 294 g/mol. The molecule has 0 aromatic heterocycles. The summed E-state index contributed by atoms with van der Waals surface area (Å²) in [4.78, 5) is 0. The smallest absolute Gasteiger partial charge is 0.212 e. The van der Waals surface area contributed by atoms with Gasteiger partial charge in [-0.1, -0.05) is 53.6 Å². The average molecular weight is 317 g/mol. The van der Waals surface area contributed by atoms with Gasteiger partial charge >= 0.3 is 0 Å². The Morgan fingerprint density at radius 3 is 2.18 bits per heavy atom. The molecule has 2 aromatic rings. The number of sulfonamides is 1. The third-order valence-electron chi connectivity index (χ3n) is 3.73. The van der Waals surface area contributed by atoms with Gasteiger partial charge in [0.2, 0.25) is 10.0 Å². The van der Waals surface area contributed by atoms with Gasteiger partial charge in [0, 0.05) is 6.04 Å². The van der Waals surface area contributed by atoms with Crippen LogP contribution in [0.4, 0.5) is 0 Å². The first-order valence-electron chi connectivity index (χ1n) is 7.39. The monoisotopic (exact) mass is 317 g/mol. The topological polar surface area (TPSA) is 46.2 Å². The molecule has 4 heteroatoms. The summed E-state index contributed by atoms with van der Waals surface area (Å²) >= 11 is 0. The van der Waals surface area contributed by atoms with Gasteiger partial charge in [0.25, 0.3) is 0 Å². The minimum absolute atomic E-state index is 0.00246. The molecule has 0 aliphatic carbocycles. The van der Waals surface area contributed by atoms with E-state index in [-0.39, 0.29) is 11.8 Å². The Labute approximate surface area is 133 Å². The molecule has 3 nitrogen and oxygen atoms in total. The third kappa shape index (κ3) is 4.42. The fraction of sp³-hybridized carbons (Fsp3) is 0.333. The number of nitrogens with one attached hydrogen (secondary N) is 1. The van der Waals surface area contributed by atoms with E-state index in [1.165, 1.54) is 0 Å². The van der Waals surface area contributed by atoms with Crippen LogP contribution < -0.4 is 4.72 Å². The predicted molar refractivity (Wildman–Crippen MR) is 91.3 cm³/mol. The maximum atomic E-state index is 12.4. The number of benzene rings is 2. The molecular formula is C18H23NO2S. The minimum Gasteiger partial charge on any atom is -0.212 e. The number of rotatable bonds is 5. The molecule has 0 aliphatic heterocycles. The Morgan fingerprint density at radius 2 is 1.55 bits per heavy atom. The highest BCUT2D eigenvalue weighted by Gasteiger charge is 2.17. The summed E-state index contributed by atoms with van der Waals surface area (Å²) in [6.07, 6.45) is 0. The largest absolute Gasteiger partial charge is 0.216 e. The zero-order chi connectivity index (χ0) is 16.3. The lowest BCUT2D eigenvalue weighted by Crippen LogP contribution is -2.28. The van der Waals surface area contributed by atoms with Crippen LogP contribution >= 0.6 is 0 Å². The van der Waals surface area contributed by atoms with Gasteiger partial charge in [-0.3, -0.25) is 0 Å². The van der Waals surface area contributed by atoms with Crippen molar-refractivity contribution in [3.8, 4) is 0 Å². The third-order valence-corrected chi connectivity index (χ3v) is 5.16. The molecule has 2 aromatic carbocycles. The van der Waals surface area contributed by atoms with Crippen molar-refractivity contribution in [1.29, 1.82) is 0 Å². The Morgan fingerprint density at radius 1 is 0.955 bits per heavy atom. The van der Waals surface area contributed by atoms with E-state index >= 15 is 0 Å². The normalized spacial score (nSPS) is 13.1. The van der Waals surface area contributed by atoms with Crippen LogP contribution in [0.25, 0.3) is 0 Å². The Kier molecular flexibility index (Phi) is 5.04. The number of hydrogen-bond acceptors (Lipinski definition) is 2. The van der Waals surface area contributed by atoms with Gasteiger partial charge in [-0.25, -0.2) is 13.1 Å². The summed E-state index contributed by atoms with van der Waals surface area (Å²) in [6, 6.07) is 13.4. The molecule has 1 atom stereocenters. The second kappa shape index (κ2) is 6.63. The van der Waals surface area contributed by atoms with Crippen molar-refractivity contribution < 1.29 is 8.42 Å². The highest BCUT2D eigenvalue weighted by molar-refractivity contribution is 7.88. The van der Waals surface area contributed by atoms with Gasteiger partial charge in [-0.15, -0.1) is 0 Å². The Balaban J connectivity index is 2.14. The zero-order valence-electron chi connectivity index (χ0n) is 13.6. The first-order valence-corrected chi connectivity index (χ1v) is 9.05. The molecule has 1 N–H and O–H groups in total. The number of aryl methyl sites for hydroxylation is 3. The van der Waals surface area contributed by atoms with Crippen molar-refractivity contribution in [3.63, 3.8) is 0 Å². The van der Waals surface area contributed by atoms with Gasteiger partial charge in [-0.05, 0) is 44.4 Å². The van der Waals surface area contributed by atoms with Crippen molar-refractivity contribution in [1.82, 2.24) is 4.72 Å². The summed E-state index contributed by atoms with van der Waals surface area (Å²) in [6.45, 7) is 7.88. The molecule has 0 fully saturated rings. The highest BCUT2D eigenvalue weighted by atomic mass is 32.2. The lowest BCUT2D eigenvalue weighted by atomic mass is 10.0. The molecule has 0 heterocycles. The molecule has 0 aliphatic rings. The quantitative estimate of drug-likeness (QED) is 0.912. The molecule has 0 unspecified atom stereocenters. The van der Waals surface area contributed by atoms with E-state index < -0.39 is 10.0 Å². The van der Waals surface area contributed by atoms with E-state index in [4.69, 9.17) is 0 Å². The van der Waals surface area contributed by atoms with Crippen molar-refractivity contribution in [2.75, 3.05) is 0 Å². The lowest BCUT2D eigenvalue weighted by Gasteiger charge is -2.17. The first-order chi connectivity index (χ1) is 10.3. The van der Waals surface area contributed by atoms with Crippen LogP contribution in [0.15, 0.2) is 42.5 Å². The standard InChI is InChI=1S/C18H23NO2S/c1-13-6-9-17(10-7-13)12-22(20,21)19-16(4)18-11-14(2)5-8-15(18)3/h5-11,16,19H,12H2,1-4H3/t16-/m1/s1. The maximum Gasteiger partial charge on any atom is 0.216 e. The average Bonchev–Trinajstić information content (AvgIpc) is 2.43. The second-order valence-corrected chi connectivity index (χ2v) is 7.70. The van der Waals surface area contributed by atoms with Gasteiger partial charge in [0.1, 0.15) is 0 Å². The van der Waals surface area contributed by atoms with Crippen LogP contribution in [0.1, 0.15) is 40.8 Å². The van der Waals surface area contributed by atoms with E-state index in [1.54, 1.807) is 0 Å². The Hall–Kier alpha value is -1.65. The highest BCUT2D eigenvalue weighted by Crippen LogP contribution is 2.20. The first kappa shape index (κ1) is 16.7. The fourth-order valence-corrected chi connectivity index (χ4v) is 3.88. The lowest BCUT2D eigenvalue weighted by molar-refractivity contribution is 0.565. The zero-order valence-corrected chi connectivity index (χ0v) is 14.4. The molecule has 118 valence electrons. The molecule has 0 bridgehead atoms. The Bertz CT molecular complexity index is 749. The maximum absolute atomic E-state index is 12.4. The van der Waals surface area contributed by atoms with E-state index in [2.05, 4.69) is 4.72 Å². The van der Waals surface area contributed by atoms with Crippen LogP contribution in [0.5, 0.6) is 0 Å². The van der Waals surface area contributed by atoms with E-state index in [0.717, 1.165) is 27.8 Å². The summed E-state index contributed by atoms with van der Waals surface area (Å²) in [5.74, 6) is 0.00246. The fourth-order valence-electron chi connectivity index (χ4n) is 2.50. The van der Waals surface area contributed by atoms with Crippen molar-refractivity contribution >= 4 is 10.0 Å². The summed E-state index contributed by atoms with van der Waals surface area (Å²) in [5, 5.41) is 0. The minimum atomic E-state index is -3.37. The van der Waals surface area contributed by atoms with Gasteiger partial charge in [-0.2, -0.15) is 0 Å². The van der Waals surface area contributed by atoms with Gasteiger partial charge < -0.3 is 0 Å². The molecule has 0 saturated heterocycles. The molecule has 0 amide bonds. The SMILES string of the molecule is Cc1ccc(CS(=O)(=O)N[C@H](C)c2cc(C)ccc2C)cc1. The van der Waals surface area contributed by atoms with Gasteiger partial charge in [0.15, 0.2) is 0 Å². The van der Waals surface area contributed by atoms with Crippen molar-refractivity contribution in [2.24, 2.45) is 0 Å². The second-order valence-electron chi connectivity index (χ2n) is 5.94. The van der Waals surface area contributed by atoms with Crippen LogP contribution in [-0.4, -0.2) is 8.42 Å². The molecule has 0 saturated carbocycles. The summed E-state index contributed by atoms with van der Waals surface area (Å²) in [5.41, 5.74) is 5.16. The molecule has 0 spiro atoms. The predicted octanol–water partition coefficient (Wildman–Crippen LogP) is 3.79. The van der Waals surface area contributed by atoms with Crippen LogP contribution in [0.3, 0.4) is 0 Å². The van der Waals surface area contributed by atoms with Crippen LogP contribution in [0, 0.1) is 20.8 Å². The molecule has 22 heavy (non-hydrogen) atoms. The van der Waals surface area contributed by atoms with Gasteiger partial charge in [0.05, 0.1) is 5.75 Å². The van der Waals surface area contributed by atoms with Crippen molar-refractivity contribution in [2.45, 2.75) is 39.5 Å². The number of hydrogen-bond donors (Lipinski definition) is 1. The summed E-state index contributed by atoms with van der Waals surface area (Å²) in [7, 11) is -3.37. The van der Waals surface area contributed by atoms with Crippen LogP contribution in [0.2, 0.25) is 0 Å². The van der Waals surface area contributed by atoms with Crippen molar-refractivity contribution in [3.05, 3.63) is 70.3 Å². The van der Waals surface area contributed by atoms with Crippen LogP contribution in [-0.2, 0) is 15.8 Å². The molecule has 0 radical (unpaired) electrons. The van der Waals surface area contributed by atoms with E-state index in [9.17, 15) is 8.42 Å². The summed E-state index contributed by atoms with van der Waals surface area (Å²) < 4.78 is 27.5. The van der Waals surface area contributed by atoms with E-state index in [1.807, 2.05) is 70.2 Å².